The molecule has 0 bridgehead atoms. The highest BCUT2D eigenvalue weighted by Crippen LogP contribution is 2.43. The van der Waals surface area contributed by atoms with Crippen molar-refractivity contribution in [1.82, 2.24) is 28.6 Å². The topological polar surface area (TPSA) is 60.4 Å². The number of rotatable bonds is 6. The van der Waals surface area contributed by atoms with E-state index in [2.05, 4.69) is 10.2 Å². The fraction of sp³-hybridized carbons (Fsp3) is 0.464. The van der Waals surface area contributed by atoms with Crippen LogP contribution in [0.25, 0.3) is 11.2 Å². The maximum absolute atomic E-state index is 14.2. The summed E-state index contributed by atoms with van der Waals surface area (Å²) >= 11 is 0. The van der Waals surface area contributed by atoms with E-state index in [1.54, 1.807) is 19.3 Å². The first-order chi connectivity index (χ1) is 18.6. The second-order valence-electron chi connectivity index (χ2n) is 10.8. The van der Waals surface area contributed by atoms with Crippen molar-refractivity contribution in [3.8, 4) is 5.69 Å². The van der Waals surface area contributed by atoms with Crippen molar-refractivity contribution in [2.75, 3.05) is 13.1 Å². The number of halogens is 4. The van der Waals surface area contributed by atoms with Gasteiger partial charge in [0.25, 0.3) is 0 Å². The zero-order valence-corrected chi connectivity index (χ0v) is 21.8. The van der Waals surface area contributed by atoms with Crippen molar-refractivity contribution in [1.29, 1.82) is 0 Å². The van der Waals surface area contributed by atoms with E-state index in [4.69, 9.17) is 0 Å². The number of likely N-dealkylation sites (tertiary alicyclic amines) is 1. The van der Waals surface area contributed by atoms with Gasteiger partial charge >= 0.3 is 11.9 Å². The number of fused-ring (bicyclic) bond motifs is 1. The molecular weight excluding hydrogens is 512 g/mol. The van der Waals surface area contributed by atoms with Gasteiger partial charge in [-0.2, -0.15) is 13.2 Å². The highest BCUT2D eigenvalue weighted by atomic mass is 19.4. The van der Waals surface area contributed by atoms with Crippen molar-refractivity contribution in [3.05, 3.63) is 82.1 Å². The summed E-state index contributed by atoms with van der Waals surface area (Å²) in [6, 6.07) is 8.00. The first kappa shape index (κ1) is 25.8. The molecule has 4 aromatic rings. The van der Waals surface area contributed by atoms with Crippen LogP contribution in [0, 0.1) is 5.92 Å². The van der Waals surface area contributed by atoms with Crippen LogP contribution in [-0.2, 0) is 13.2 Å². The lowest BCUT2D eigenvalue weighted by Crippen LogP contribution is -2.26. The van der Waals surface area contributed by atoms with Crippen molar-refractivity contribution in [2.24, 2.45) is 13.0 Å². The Hall–Kier alpha value is -3.47. The molecule has 3 aromatic heterocycles. The van der Waals surface area contributed by atoms with Crippen LogP contribution in [0.3, 0.4) is 0 Å². The van der Waals surface area contributed by atoms with E-state index < -0.39 is 29.6 Å². The van der Waals surface area contributed by atoms with Crippen LogP contribution in [0.4, 0.5) is 17.6 Å². The fourth-order valence-corrected chi connectivity index (χ4v) is 6.00. The predicted molar refractivity (Wildman–Crippen MR) is 138 cm³/mol. The van der Waals surface area contributed by atoms with E-state index in [1.165, 1.54) is 17.0 Å². The summed E-state index contributed by atoms with van der Waals surface area (Å²) in [5.41, 5.74) is 0.0461. The maximum Gasteiger partial charge on any atom is 0.418 e. The zero-order chi connectivity index (χ0) is 27.5. The largest absolute Gasteiger partial charge is 0.418 e. The van der Waals surface area contributed by atoms with Gasteiger partial charge in [-0.05, 0) is 61.4 Å². The third-order valence-corrected chi connectivity index (χ3v) is 8.44. The number of pyridine rings is 1. The summed E-state index contributed by atoms with van der Waals surface area (Å²) < 4.78 is 60.7. The molecule has 206 valence electrons. The molecule has 1 aromatic carbocycles. The summed E-state index contributed by atoms with van der Waals surface area (Å²) in [4.78, 5) is 15.4. The number of aryl methyl sites for hydroxylation is 1. The summed E-state index contributed by atoms with van der Waals surface area (Å²) in [6.07, 6.45) is 2.28. The summed E-state index contributed by atoms with van der Waals surface area (Å²) in [6.45, 7) is 2.37. The second kappa shape index (κ2) is 9.62. The minimum absolute atomic E-state index is 0.0306. The Morgan fingerprint density at radius 2 is 1.87 bits per heavy atom. The molecule has 4 heterocycles. The Labute approximate surface area is 222 Å². The second-order valence-corrected chi connectivity index (χ2v) is 10.8. The van der Waals surface area contributed by atoms with Crippen LogP contribution in [0.1, 0.15) is 67.1 Å². The first-order valence-electron chi connectivity index (χ1n) is 13.3. The molecule has 6 rings (SSSR count). The van der Waals surface area contributed by atoms with E-state index >= 15 is 0 Å². The molecule has 2 aliphatic rings. The van der Waals surface area contributed by atoms with Crippen LogP contribution < -0.4 is 5.69 Å². The SMILES string of the molecule is C[C@H](c1cc(C(F)(F)F)c2cn(-c3cccc([C@H](c4nncn4C)C4CCC4)c3)c(=O)n2c1)N1CC[C@@H](F)C1. The Balaban J connectivity index is 1.45. The molecule has 3 atom stereocenters. The van der Waals surface area contributed by atoms with E-state index in [0.29, 0.717) is 30.1 Å². The molecule has 39 heavy (non-hydrogen) atoms. The number of benzene rings is 1. The molecule has 0 radical (unpaired) electrons. The van der Waals surface area contributed by atoms with Gasteiger partial charge in [-0.25, -0.2) is 9.18 Å². The van der Waals surface area contributed by atoms with Gasteiger partial charge in [-0.1, -0.05) is 18.6 Å². The van der Waals surface area contributed by atoms with Gasteiger partial charge in [-0.3, -0.25) is 13.9 Å². The maximum atomic E-state index is 14.2. The van der Waals surface area contributed by atoms with Gasteiger partial charge < -0.3 is 4.57 Å². The van der Waals surface area contributed by atoms with Gasteiger partial charge in [0.05, 0.1) is 16.8 Å². The normalized spacial score (nSPS) is 20.4. The van der Waals surface area contributed by atoms with Crippen molar-refractivity contribution in [3.63, 3.8) is 0 Å². The number of aromatic nitrogens is 5. The number of imidazole rings is 1. The Kier molecular flexibility index (Phi) is 6.36. The van der Waals surface area contributed by atoms with Crippen LogP contribution in [0.2, 0.25) is 0 Å². The van der Waals surface area contributed by atoms with E-state index in [9.17, 15) is 22.4 Å². The van der Waals surface area contributed by atoms with E-state index in [-0.39, 0.29) is 18.0 Å². The molecule has 0 spiro atoms. The first-order valence-corrected chi connectivity index (χ1v) is 13.3. The third kappa shape index (κ3) is 4.56. The summed E-state index contributed by atoms with van der Waals surface area (Å²) in [5, 5.41) is 8.38. The van der Waals surface area contributed by atoms with Crippen molar-refractivity contribution in [2.45, 2.75) is 56.9 Å². The van der Waals surface area contributed by atoms with Gasteiger partial charge in [0.2, 0.25) is 0 Å². The molecular formula is C28H30F4N6O. The summed E-state index contributed by atoms with van der Waals surface area (Å²) in [5.74, 6) is 1.17. The Morgan fingerprint density at radius 3 is 2.49 bits per heavy atom. The smallest absolute Gasteiger partial charge is 0.320 e. The number of alkyl halides is 4. The van der Waals surface area contributed by atoms with E-state index in [0.717, 1.165) is 41.1 Å². The highest BCUT2D eigenvalue weighted by molar-refractivity contribution is 5.58. The van der Waals surface area contributed by atoms with Crippen LogP contribution in [0.5, 0.6) is 0 Å². The standard InChI is InChI=1S/C28H30F4N6O/c1-17(36-10-9-21(29)14-36)20-12-23(28(30,31)32)24-15-37(27(39)38(24)13-20)22-8-4-7-19(11-22)25(18-5-3-6-18)26-34-33-16-35(26)2/h4,7-8,11-13,15-18,21,25H,3,5-6,9-10,14H2,1-2H3/t17-,21-,25-/m1/s1. The number of hydrogen-bond acceptors (Lipinski definition) is 4. The molecule has 0 unspecified atom stereocenters. The van der Waals surface area contributed by atoms with Crippen LogP contribution >= 0.6 is 0 Å². The quantitative estimate of drug-likeness (QED) is 0.312. The Morgan fingerprint density at radius 1 is 1.08 bits per heavy atom. The average molecular weight is 543 g/mol. The lowest BCUT2D eigenvalue weighted by atomic mass is 9.72. The van der Waals surface area contributed by atoms with Gasteiger partial charge in [0, 0.05) is 44.5 Å². The summed E-state index contributed by atoms with van der Waals surface area (Å²) in [7, 11) is 1.89. The van der Waals surface area contributed by atoms with Gasteiger partial charge in [-0.15, -0.1) is 10.2 Å². The monoisotopic (exact) mass is 542 g/mol. The number of hydrogen-bond donors (Lipinski definition) is 0. The third-order valence-electron chi connectivity index (χ3n) is 8.44. The lowest BCUT2D eigenvalue weighted by Gasteiger charge is -2.33. The van der Waals surface area contributed by atoms with E-state index in [1.807, 2.05) is 34.7 Å². The lowest BCUT2D eigenvalue weighted by molar-refractivity contribution is -0.136. The highest BCUT2D eigenvalue weighted by Gasteiger charge is 2.36. The average Bonchev–Trinajstić information content (AvgIpc) is 3.58. The molecule has 2 fully saturated rings. The molecule has 0 N–H and O–H groups in total. The molecule has 0 amide bonds. The van der Waals surface area contributed by atoms with Crippen LogP contribution in [0.15, 0.2) is 53.8 Å². The molecule has 7 nitrogen and oxygen atoms in total. The van der Waals surface area contributed by atoms with Gasteiger partial charge in [0.1, 0.15) is 18.3 Å². The molecule has 1 saturated carbocycles. The van der Waals surface area contributed by atoms with Crippen LogP contribution in [-0.4, -0.2) is 47.9 Å². The minimum Gasteiger partial charge on any atom is -0.320 e. The Bertz CT molecular complexity index is 1570. The predicted octanol–water partition coefficient (Wildman–Crippen LogP) is 5.27. The molecule has 1 aliphatic carbocycles. The zero-order valence-electron chi connectivity index (χ0n) is 21.8. The number of nitrogens with zero attached hydrogens (tertiary/aromatic N) is 6. The van der Waals surface area contributed by atoms with Gasteiger partial charge in [0.15, 0.2) is 0 Å². The molecule has 1 saturated heterocycles. The van der Waals surface area contributed by atoms with Crippen molar-refractivity contribution >= 4 is 5.52 Å². The molecule has 11 heteroatoms. The minimum atomic E-state index is -4.67. The fourth-order valence-electron chi connectivity index (χ4n) is 6.00. The van der Waals surface area contributed by atoms with Crippen molar-refractivity contribution < 1.29 is 17.6 Å². The molecule has 1 aliphatic heterocycles.